The van der Waals surface area contributed by atoms with Gasteiger partial charge in [-0.05, 0) is 30.7 Å². The van der Waals surface area contributed by atoms with Gasteiger partial charge in [0.2, 0.25) is 11.7 Å². The molecule has 2 rings (SSSR count). The van der Waals surface area contributed by atoms with E-state index in [0.717, 1.165) is 16.1 Å². The van der Waals surface area contributed by atoms with Crippen molar-refractivity contribution in [2.24, 2.45) is 5.10 Å². The zero-order chi connectivity index (χ0) is 19.1. The lowest BCUT2D eigenvalue weighted by Gasteiger charge is -2.07. The first-order chi connectivity index (χ1) is 12.4. The lowest BCUT2D eigenvalue weighted by atomic mass is 10.1. The van der Waals surface area contributed by atoms with Gasteiger partial charge in [-0.15, -0.1) is 0 Å². The molecular weight excluding hydrogens is 406 g/mol. The average molecular weight is 422 g/mol. The highest BCUT2D eigenvalue weighted by Gasteiger charge is 2.19. The second-order valence-electron chi connectivity index (χ2n) is 5.17. The molecule has 26 heavy (non-hydrogen) atoms. The molecule has 136 valence electrons. The maximum Gasteiger partial charge on any atom is 0.315 e. The quantitative estimate of drug-likeness (QED) is 0.404. The zero-order valence-electron chi connectivity index (χ0n) is 13.8. The third-order valence-corrected chi connectivity index (χ3v) is 3.78. The molecule has 0 unspecified atom stereocenters. The first kappa shape index (κ1) is 19.4. The fraction of sp³-hybridized carbons (Fsp3) is 0.176. The van der Waals surface area contributed by atoms with E-state index in [0.29, 0.717) is 5.56 Å². The number of hydrogen-bond donors (Lipinski definition) is 2. The van der Waals surface area contributed by atoms with Gasteiger partial charge in [-0.2, -0.15) is 5.10 Å². The first-order valence-electron chi connectivity index (χ1n) is 7.61. The fourth-order valence-corrected chi connectivity index (χ4v) is 2.36. The Morgan fingerprint density at radius 2 is 2.08 bits per heavy atom. The number of benzene rings is 2. The minimum Gasteiger partial charge on any atom is -0.500 e. The van der Waals surface area contributed by atoms with E-state index < -0.39 is 16.4 Å². The minimum atomic E-state index is -0.721. The summed E-state index contributed by atoms with van der Waals surface area (Å²) in [6, 6.07) is 9.82. The van der Waals surface area contributed by atoms with E-state index in [1.807, 2.05) is 24.3 Å². The van der Waals surface area contributed by atoms with Crippen molar-refractivity contribution in [2.75, 3.05) is 6.61 Å². The summed E-state index contributed by atoms with van der Waals surface area (Å²) in [5.41, 5.74) is 2.98. The van der Waals surface area contributed by atoms with Crippen LogP contribution < -0.4 is 10.2 Å². The molecular formula is C17H16BrN3O5. The van der Waals surface area contributed by atoms with Crippen molar-refractivity contribution in [3.63, 3.8) is 0 Å². The highest BCUT2D eigenvalue weighted by molar-refractivity contribution is 9.10. The summed E-state index contributed by atoms with van der Waals surface area (Å²) in [7, 11) is 0. The van der Waals surface area contributed by atoms with Gasteiger partial charge in [0.25, 0.3) is 0 Å². The van der Waals surface area contributed by atoms with E-state index in [2.05, 4.69) is 26.5 Å². The van der Waals surface area contributed by atoms with Crippen molar-refractivity contribution in [2.45, 2.75) is 13.3 Å². The molecule has 8 nitrogen and oxygen atoms in total. The zero-order valence-corrected chi connectivity index (χ0v) is 15.4. The molecule has 0 aliphatic rings. The van der Waals surface area contributed by atoms with E-state index in [9.17, 15) is 20.0 Å². The van der Waals surface area contributed by atoms with Crippen LogP contribution >= 0.6 is 15.9 Å². The number of halogens is 1. The lowest BCUT2D eigenvalue weighted by molar-refractivity contribution is -0.386. The maximum atomic E-state index is 11.9. The number of nitrogens with zero attached hydrogens (tertiary/aromatic N) is 2. The molecule has 0 heterocycles. The van der Waals surface area contributed by atoms with Crippen LogP contribution in [0, 0.1) is 10.1 Å². The second kappa shape index (κ2) is 8.95. The molecule has 2 aromatic rings. The van der Waals surface area contributed by atoms with Crippen molar-refractivity contribution in [1.29, 1.82) is 0 Å². The number of hydrazone groups is 1. The Bertz CT molecular complexity index is 837. The number of aromatic hydroxyl groups is 1. The van der Waals surface area contributed by atoms with Crippen LogP contribution in [0.2, 0.25) is 0 Å². The first-order valence-corrected chi connectivity index (χ1v) is 8.40. The third kappa shape index (κ3) is 5.28. The Hall–Kier alpha value is -2.94. The summed E-state index contributed by atoms with van der Waals surface area (Å²) < 4.78 is 6.09. The molecule has 0 aromatic heterocycles. The van der Waals surface area contributed by atoms with Crippen molar-refractivity contribution in [3.05, 3.63) is 62.1 Å². The van der Waals surface area contributed by atoms with E-state index >= 15 is 0 Å². The Morgan fingerprint density at radius 3 is 2.69 bits per heavy atom. The van der Waals surface area contributed by atoms with Crippen molar-refractivity contribution in [3.8, 4) is 11.5 Å². The summed E-state index contributed by atoms with van der Waals surface area (Å²) in [5, 5.41) is 24.6. The Balaban J connectivity index is 2.08. The number of phenolic OH excluding ortho intramolecular Hbond substituents is 1. The maximum absolute atomic E-state index is 11.9. The van der Waals surface area contributed by atoms with Gasteiger partial charge in [0.05, 0.1) is 24.2 Å². The molecule has 2 N–H and O–H groups in total. The average Bonchev–Trinajstić information content (AvgIpc) is 2.59. The van der Waals surface area contributed by atoms with Gasteiger partial charge in [-0.25, -0.2) is 5.43 Å². The Morgan fingerprint density at radius 1 is 1.38 bits per heavy atom. The van der Waals surface area contributed by atoms with Gasteiger partial charge in [-0.3, -0.25) is 14.9 Å². The number of carbonyl (C=O) groups is 1. The minimum absolute atomic E-state index is 0.0238. The van der Waals surface area contributed by atoms with Gasteiger partial charge >= 0.3 is 5.69 Å². The number of phenols is 1. The molecule has 0 radical (unpaired) electrons. The van der Waals surface area contributed by atoms with Crippen LogP contribution in [0.5, 0.6) is 11.5 Å². The number of hydrogen-bond acceptors (Lipinski definition) is 6. The van der Waals surface area contributed by atoms with Crippen LogP contribution in [0.3, 0.4) is 0 Å². The van der Waals surface area contributed by atoms with E-state index in [-0.39, 0.29) is 24.7 Å². The smallest absolute Gasteiger partial charge is 0.315 e. The van der Waals surface area contributed by atoms with Gasteiger partial charge in [0, 0.05) is 16.1 Å². The van der Waals surface area contributed by atoms with Crippen LogP contribution in [-0.2, 0) is 11.2 Å². The molecule has 2 aromatic carbocycles. The Kier molecular flexibility index (Phi) is 6.67. The van der Waals surface area contributed by atoms with Gasteiger partial charge in [-0.1, -0.05) is 28.1 Å². The normalized spacial score (nSPS) is 10.7. The molecule has 0 saturated carbocycles. The second-order valence-corrected chi connectivity index (χ2v) is 6.09. The van der Waals surface area contributed by atoms with E-state index in [4.69, 9.17) is 4.74 Å². The van der Waals surface area contributed by atoms with Crippen LogP contribution in [0.15, 0.2) is 46.0 Å². The van der Waals surface area contributed by atoms with Crippen molar-refractivity contribution < 1.29 is 19.6 Å². The summed E-state index contributed by atoms with van der Waals surface area (Å²) >= 11 is 3.32. The summed E-state index contributed by atoms with van der Waals surface area (Å²) in [4.78, 5) is 22.2. The largest absolute Gasteiger partial charge is 0.500 e. The van der Waals surface area contributed by atoms with Crippen LogP contribution in [0.1, 0.15) is 18.1 Å². The van der Waals surface area contributed by atoms with E-state index in [1.165, 1.54) is 12.3 Å². The SMILES string of the molecule is CCOc1cc(/C=N\NC(=O)Cc2ccc(Br)cc2)cc([N+](=O)[O-])c1O. The van der Waals surface area contributed by atoms with Gasteiger partial charge < -0.3 is 9.84 Å². The topological polar surface area (TPSA) is 114 Å². The predicted octanol–water partition coefficient (Wildman–Crippen LogP) is 3.15. The van der Waals surface area contributed by atoms with Crippen LogP contribution in [0.25, 0.3) is 0 Å². The third-order valence-electron chi connectivity index (χ3n) is 3.25. The molecule has 0 atom stereocenters. The van der Waals surface area contributed by atoms with Gasteiger partial charge in [0.15, 0.2) is 5.75 Å². The number of nitro groups is 1. The number of rotatable bonds is 7. The number of carbonyl (C=O) groups excluding carboxylic acids is 1. The summed E-state index contributed by atoms with van der Waals surface area (Å²) in [6.07, 6.45) is 1.39. The number of amides is 1. The fourth-order valence-electron chi connectivity index (χ4n) is 2.10. The Labute approximate surface area is 157 Å². The number of nitrogens with one attached hydrogen (secondary N) is 1. The molecule has 0 fully saturated rings. The highest BCUT2D eigenvalue weighted by atomic mass is 79.9. The van der Waals surface area contributed by atoms with Crippen LogP contribution in [0.4, 0.5) is 5.69 Å². The monoisotopic (exact) mass is 421 g/mol. The lowest BCUT2D eigenvalue weighted by Crippen LogP contribution is -2.19. The highest BCUT2D eigenvalue weighted by Crippen LogP contribution is 2.36. The van der Waals surface area contributed by atoms with Gasteiger partial charge in [0.1, 0.15) is 0 Å². The van der Waals surface area contributed by atoms with Crippen LogP contribution in [-0.4, -0.2) is 28.8 Å². The molecule has 0 saturated heterocycles. The summed E-state index contributed by atoms with van der Waals surface area (Å²) in [6.45, 7) is 1.92. The molecule has 0 aliphatic carbocycles. The molecule has 0 aliphatic heterocycles. The predicted molar refractivity (Wildman–Crippen MR) is 99.5 cm³/mol. The number of nitro benzene ring substituents is 1. The molecule has 0 bridgehead atoms. The number of ether oxygens (including phenoxy) is 1. The molecule has 1 amide bonds. The van der Waals surface area contributed by atoms with Crippen molar-refractivity contribution >= 4 is 33.7 Å². The van der Waals surface area contributed by atoms with E-state index in [1.54, 1.807) is 6.92 Å². The summed E-state index contributed by atoms with van der Waals surface area (Å²) in [5.74, 6) is -0.903. The molecule has 0 spiro atoms. The standard InChI is InChI=1S/C17H16BrN3O5/c1-2-26-15-8-12(7-14(17(15)23)21(24)25)10-19-20-16(22)9-11-3-5-13(18)6-4-11/h3-8,10,23H,2,9H2,1H3,(H,20,22)/b19-10-. The van der Waals surface area contributed by atoms with Crippen molar-refractivity contribution in [1.82, 2.24) is 5.43 Å². The molecule has 9 heteroatoms.